The number of benzene rings is 1. The van der Waals surface area contributed by atoms with Crippen molar-refractivity contribution in [3.63, 3.8) is 0 Å². The van der Waals surface area contributed by atoms with Crippen molar-refractivity contribution in [3.8, 4) is 0 Å². The molecule has 0 N–H and O–H groups in total. The van der Waals surface area contributed by atoms with Gasteiger partial charge >= 0.3 is 0 Å². The van der Waals surface area contributed by atoms with E-state index >= 15 is 0 Å². The first kappa shape index (κ1) is 15.8. The highest BCUT2D eigenvalue weighted by molar-refractivity contribution is 5.80. The average Bonchev–Trinajstić information content (AvgIpc) is 2.68. The van der Waals surface area contributed by atoms with Crippen LogP contribution in [0.1, 0.15) is 5.82 Å². The third kappa shape index (κ3) is 3.39. The van der Waals surface area contributed by atoms with Crippen molar-refractivity contribution in [2.75, 3.05) is 43.1 Å². The van der Waals surface area contributed by atoms with Gasteiger partial charge in [-0.3, -0.25) is 0 Å². The minimum atomic E-state index is 0.439. The molecule has 4 rings (SSSR count). The van der Waals surface area contributed by atoms with Gasteiger partial charge in [-0.2, -0.15) is 0 Å². The lowest BCUT2D eigenvalue weighted by Crippen LogP contribution is -2.47. The smallest absolute Gasteiger partial charge is 0.156 e. The minimum absolute atomic E-state index is 0.439. The van der Waals surface area contributed by atoms with E-state index in [9.17, 15) is 0 Å². The Bertz CT molecular complexity index is 861. The number of piperazine rings is 1. The third-order valence-corrected chi connectivity index (χ3v) is 4.48. The Morgan fingerprint density at radius 3 is 2.36 bits per heavy atom. The van der Waals surface area contributed by atoms with Crippen molar-refractivity contribution in [1.82, 2.24) is 15.0 Å². The van der Waals surface area contributed by atoms with Gasteiger partial charge in [0, 0.05) is 44.9 Å². The quantitative estimate of drug-likeness (QED) is 0.730. The Kier molecular flexibility index (Phi) is 4.43. The van der Waals surface area contributed by atoms with Crippen molar-refractivity contribution in [2.24, 2.45) is 0 Å². The predicted octanol–water partition coefficient (Wildman–Crippen LogP) is 2.50. The fourth-order valence-corrected chi connectivity index (χ4v) is 3.16. The second-order valence-corrected chi connectivity index (χ2v) is 6.10. The summed E-state index contributed by atoms with van der Waals surface area (Å²) in [6.45, 7) is 4.12. The number of fused-ring (bicyclic) bond motifs is 1. The van der Waals surface area contributed by atoms with Crippen LogP contribution in [0, 0.1) is 0 Å². The van der Waals surface area contributed by atoms with E-state index in [2.05, 4.69) is 44.0 Å². The number of aromatic nitrogens is 3. The molecule has 0 spiro atoms. The molecule has 0 atom stereocenters. The molecule has 0 bridgehead atoms. The van der Waals surface area contributed by atoms with Crippen LogP contribution < -0.4 is 9.80 Å². The molecule has 6 heteroatoms. The molecule has 0 amide bonds. The van der Waals surface area contributed by atoms with Crippen LogP contribution in [0.25, 0.3) is 10.9 Å². The Balaban J connectivity index is 1.46. The summed E-state index contributed by atoms with van der Waals surface area (Å²) in [6.07, 6.45) is 1.80. The summed E-state index contributed by atoms with van der Waals surface area (Å²) in [7, 11) is 1.66. The molecule has 0 saturated carbocycles. The highest BCUT2D eigenvalue weighted by atomic mass is 16.5. The number of rotatable bonds is 4. The van der Waals surface area contributed by atoms with Crippen LogP contribution in [-0.4, -0.2) is 48.2 Å². The molecule has 2 aromatic heterocycles. The maximum atomic E-state index is 5.12. The van der Waals surface area contributed by atoms with E-state index in [4.69, 9.17) is 9.72 Å². The van der Waals surface area contributed by atoms with E-state index < -0.39 is 0 Å². The lowest BCUT2D eigenvalue weighted by Gasteiger charge is -2.36. The zero-order valence-corrected chi connectivity index (χ0v) is 14.3. The summed E-state index contributed by atoms with van der Waals surface area (Å²) in [5.41, 5.74) is 1.04. The van der Waals surface area contributed by atoms with Gasteiger partial charge in [-0.05, 0) is 24.3 Å². The number of hydrogen-bond acceptors (Lipinski definition) is 6. The van der Waals surface area contributed by atoms with E-state index in [1.807, 2.05) is 18.2 Å². The highest BCUT2D eigenvalue weighted by Crippen LogP contribution is 2.20. The second-order valence-electron chi connectivity index (χ2n) is 6.10. The maximum Gasteiger partial charge on any atom is 0.156 e. The van der Waals surface area contributed by atoms with Gasteiger partial charge in [0.25, 0.3) is 0 Å². The van der Waals surface area contributed by atoms with E-state index in [-0.39, 0.29) is 0 Å². The van der Waals surface area contributed by atoms with Crippen LogP contribution >= 0.6 is 0 Å². The molecule has 6 nitrogen and oxygen atoms in total. The van der Waals surface area contributed by atoms with E-state index in [1.54, 1.807) is 13.3 Å². The van der Waals surface area contributed by atoms with Crippen molar-refractivity contribution < 1.29 is 4.74 Å². The zero-order chi connectivity index (χ0) is 17.1. The van der Waals surface area contributed by atoms with Crippen molar-refractivity contribution in [2.45, 2.75) is 6.61 Å². The molecule has 128 valence electrons. The van der Waals surface area contributed by atoms with Crippen LogP contribution in [0.3, 0.4) is 0 Å². The van der Waals surface area contributed by atoms with Crippen molar-refractivity contribution in [3.05, 3.63) is 54.5 Å². The lowest BCUT2D eigenvalue weighted by atomic mass is 10.2. The molecule has 0 unspecified atom stereocenters. The van der Waals surface area contributed by atoms with E-state index in [1.165, 1.54) is 5.39 Å². The fraction of sp³-hybridized carbons (Fsp3) is 0.316. The summed E-state index contributed by atoms with van der Waals surface area (Å²) >= 11 is 0. The number of methoxy groups -OCH3 is 1. The topological polar surface area (TPSA) is 54.4 Å². The van der Waals surface area contributed by atoms with Gasteiger partial charge in [-0.25, -0.2) is 15.0 Å². The summed E-state index contributed by atoms with van der Waals surface area (Å²) in [5.74, 6) is 2.73. The highest BCUT2D eigenvalue weighted by Gasteiger charge is 2.19. The molecular weight excluding hydrogens is 314 g/mol. The van der Waals surface area contributed by atoms with Gasteiger partial charge in [0.05, 0.1) is 5.52 Å². The standard InChI is InChI=1S/C19H21N5O/c1-25-14-17-20-9-8-19(22-17)24-12-10-23(11-13-24)18-7-6-15-4-2-3-5-16(15)21-18/h2-9H,10-14H2,1H3. The number of hydrogen-bond donors (Lipinski definition) is 0. The first-order valence-corrected chi connectivity index (χ1v) is 8.50. The number of ether oxygens (including phenoxy) is 1. The molecule has 1 aliphatic heterocycles. The zero-order valence-electron chi connectivity index (χ0n) is 14.3. The van der Waals surface area contributed by atoms with Crippen LogP contribution in [0.4, 0.5) is 11.6 Å². The Morgan fingerprint density at radius 2 is 1.60 bits per heavy atom. The molecule has 0 aliphatic carbocycles. The fourth-order valence-electron chi connectivity index (χ4n) is 3.16. The van der Waals surface area contributed by atoms with Crippen LogP contribution in [0.15, 0.2) is 48.7 Å². The summed E-state index contributed by atoms with van der Waals surface area (Å²) < 4.78 is 5.12. The lowest BCUT2D eigenvalue weighted by molar-refractivity contribution is 0.178. The van der Waals surface area contributed by atoms with Crippen LogP contribution in [0.5, 0.6) is 0 Å². The molecule has 1 aromatic carbocycles. The first-order valence-electron chi connectivity index (χ1n) is 8.50. The summed E-state index contributed by atoms with van der Waals surface area (Å²) in [5, 5.41) is 1.18. The Labute approximate surface area is 147 Å². The summed E-state index contributed by atoms with van der Waals surface area (Å²) in [6, 6.07) is 14.4. The molecule has 0 radical (unpaired) electrons. The second kappa shape index (κ2) is 7.03. The molecule has 3 heterocycles. The molecule has 1 fully saturated rings. The van der Waals surface area contributed by atoms with Crippen molar-refractivity contribution >= 4 is 22.5 Å². The minimum Gasteiger partial charge on any atom is -0.377 e. The van der Waals surface area contributed by atoms with Gasteiger partial charge in [0.15, 0.2) is 5.82 Å². The molecule has 1 saturated heterocycles. The monoisotopic (exact) mass is 335 g/mol. The Morgan fingerprint density at radius 1 is 0.880 bits per heavy atom. The predicted molar refractivity (Wildman–Crippen MR) is 98.9 cm³/mol. The van der Waals surface area contributed by atoms with Crippen molar-refractivity contribution in [1.29, 1.82) is 0 Å². The molecule has 1 aliphatic rings. The first-order chi connectivity index (χ1) is 12.3. The van der Waals surface area contributed by atoms with Crippen LogP contribution in [0.2, 0.25) is 0 Å². The largest absolute Gasteiger partial charge is 0.377 e. The number of para-hydroxylation sites is 1. The normalized spacial score (nSPS) is 14.9. The molecule has 25 heavy (non-hydrogen) atoms. The van der Waals surface area contributed by atoms with Gasteiger partial charge in [0.2, 0.25) is 0 Å². The van der Waals surface area contributed by atoms with Gasteiger partial charge in [-0.1, -0.05) is 18.2 Å². The number of anilines is 2. The number of pyridine rings is 1. The van der Waals surface area contributed by atoms with E-state index in [0.29, 0.717) is 6.61 Å². The summed E-state index contributed by atoms with van der Waals surface area (Å²) in [4.78, 5) is 18.2. The van der Waals surface area contributed by atoms with Gasteiger partial charge in [-0.15, -0.1) is 0 Å². The average molecular weight is 335 g/mol. The molecule has 3 aromatic rings. The van der Waals surface area contributed by atoms with Gasteiger partial charge < -0.3 is 14.5 Å². The number of nitrogens with zero attached hydrogens (tertiary/aromatic N) is 5. The SMILES string of the molecule is COCc1nccc(N2CCN(c3ccc4ccccc4n3)CC2)n1. The van der Waals surface area contributed by atoms with Gasteiger partial charge in [0.1, 0.15) is 18.2 Å². The molecular formula is C19H21N5O. The Hall–Kier alpha value is -2.73. The third-order valence-electron chi connectivity index (χ3n) is 4.48. The maximum absolute atomic E-state index is 5.12. The van der Waals surface area contributed by atoms with E-state index in [0.717, 1.165) is 49.2 Å². The van der Waals surface area contributed by atoms with Crippen LogP contribution in [-0.2, 0) is 11.3 Å².